The first-order valence-corrected chi connectivity index (χ1v) is 10.7. The first-order chi connectivity index (χ1) is 14.6. The molecule has 7 heteroatoms. The Morgan fingerprint density at radius 1 is 1.20 bits per heavy atom. The van der Waals surface area contributed by atoms with Crippen molar-refractivity contribution in [2.75, 3.05) is 13.2 Å². The lowest BCUT2D eigenvalue weighted by Crippen LogP contribution is -2.35. The predicted molar refractivity (Wildman–Crippen MR) is 115 cm³/mol. The molecular weight excluding hydrogens is 400 g/mol. The van der Waals surface area contributed by atoms with Gasteiger partial charge in [-0.25, -0.2) is 9.78 Å². The van der Waals surface area contributed by atoms with Gasteiger partial charge in [0.05, 0.1) is 12.6 Å². The van der Waals surface area contributed by atoms with Gasteiger partial charge in [0.2, 0.25) is 0 Å². The number of carbonyl (C=O) groups excluding carboxylic acids is 2. The molecule has 0 bridgehead atoms. The van der Waals surface area contributed by atoms with E-state index in [-0.39, 0.29) is 24.2 Å². The van der Waals surface area contributed by atoms with Crippen LogP contribution >= 0.6 is 11.3 Å². The lowest BCUT2D eigenvalue weighted by molar-refractivity contribution is -0.125. The Labute approximate surface area is 178 Å². The maximum Gasteiger partial charge on any atom is 0.358 e. The van der Waals surface area contributed by atoms with Crippen LogP contribution < -0.4 is 10.1 Å². The molecule has 0 fully saturated rings. The number of aromatic nitrogens is 1. The van der Waals surface area contributed by atoms with E-state index >= 15 is 0 Å². The summed E-state index contributed by atoms with van der Waals surface area (Å²) in [6, 6.07) is 15.5. The van der Waals surface area contributed by atoms with Crippen molar-refractivity contribution in [1.29, 1.82) is 0 Å². The van der Waals surface area contributed by atoms with Crippen LogP contribution in [0.5, 0.6) is 5.75 Å². The van der Waals surface area contributed by atoms with Crippen LogP contribution in [0, 0.1) is 0 Å². The molecular formula is C23H22N2O4S. The molecule has 0 aliphatic carbocycles. The summed E-state index contributed by atoms with van der Waals surface area (Å²) in [6.07, 6.45) is 1.64. The third-order valence-electron chi connectivity index (χ3n) is 4.95. The number of nitrogens with one attached hydrogen (secondary N) is 1. The number of hydrogen-bond donors (Lipinski definition) is 1. The molecule has 2 aromatic carbocycles. The molecule has 1 aliphatic heterocycles. The van der Waals surface area contributed by atoms with Crippen LogP contribution in [0.2, 0.25) is 0 Å². The fourth-order valence-corrected chi connectivity index (χ4v) is 4.11. The van der Waals surface area contributed by atoms with Crippen molar-refractivity contribution < 1.29 is 19.1 Å². The van der Waals surface area contributed by atoms with Gasteiger partial charge in [-0.05, 0) is 18.1 Å². The lowest BCUT2D eigenvalue weighted by atomic mass is 10.0. The van der Waals surface area contributed by atoms with Gasteiger partial charge in [0, 0.05) is 22.9 Å². The summed E-state index contributed by atoms with van der Waals surface area (Å²) in [4.78, 5) is 29.0. The van der Waals surface area contributed by atoms with E-state index in [1.807, 2.05) is 48.5 Å². The van der Waals surface area contributed by atoms with Crippen molar-refractivity contribution in [3.05, 3.63) is 70.7 Å². The molecule has 3 aromatic rings. The topological polar surface area (TPSA) is 77.5 Å². The molecule has 154 valence electrons. The predicted octanol–water partition coefficient (Wildman–Crippen LogP) is 4.17. The van der Waals surface area contributed by atoms with Crippen LogP contribution in [0.25, 0.3) is 10.6 Å². The molecule has 1 amide bonds. The zero-order valence-electron chi connectivity index (χ0n) is 16.6. The van der Waals surface area contributed by atoms with Crippen molar-refractivity contribution in [3.63, 3.8) is 0 Å². The SMILES string of the molecule is CCc1ccc(-c2nc(C(=O)OCC(=O)NC3CCOc4ccccc43)cs2)cc1. The molecule has 0 radical (unpaired) electrons. The van der Waals surface area contributed by atoms with Crippen molar-refractivity contribution in [2.24, 2.45) is 0 Å². The first-order valence-electron chi connectivity index (χ1n) is 9.87. The van der Waals surface area contributed by atoms with Crippen molar-refractivity contribution >= 4 is 23.2 Å². The number of nitrogens with zero attached hydrogens (tertiary/aromatic N) is 1. The monoisotopic (exact) mass is 422 g/mol. The lowest BCUT2D eigenvalue weighted by Gasteiger charge is -2.26. The molecule has 30 heavy (non-hydrogen) atoms. The third kappa shape index (κ3) is 4.52. The molecule has 1 aliphatic rings. The average molecular weight is 423 g/mol. The second kappa shape index (κ2) is 9.09. The zero-order valence-corrected chi connectivity index (χ0v) is 17.4. The average Bonchev–Trinajstić information content (AvgIpc) is 3.28. The van der Waals surface area contributed by atoms with Gasteiger partial charge in [0.1, 0.15) is 10.8 Å². The second-order valence-corrected chi connectivity index (χ2v) is 7.82. The van der Waals surface area contributed by atoms with Gasteiger partial charge in [-0.15, -0.1) is 11.3 Å². The molecule has 0 saturated heterocycles. The van der Waals surface area contributed by atoms with Gasteiger partial charge in [-0.2, -0.15) is 0 Å². The van der Waals surface area contributed by atoms with Crippen LogP contribution in [0.15, 0.2) is 53.9 Å². The standard InChI is InChI=1S/C23H22N2O4S/c1-2-15-7-9-16(10-8-15)22-25-19(14-30-22)23(27)29-13-21(26)24-18-11-12-28-20-6-4-3-5-17(18)20/h3-10,14,18H,2,11-13H2,1H3,(H,24,26). The number of thiazole rings is 1. The van der Waals surface area contributed by atoms with Crippen LogP contribution in [0.3, 0.4) is 0 Å². The molecule has 4 rings (SSSR count). The van der Waals surface area contributed by atoms with Crippen molar-refractivity contribution in [1.82, 2.24) is 10.3 Å². The summed E-state index contributed by atoms with van der Waals surface area (Å²) in [5, 5.41) is 5.30. The second-order valence-electron chi connectivity index (χ2n) is 6.96. The number of ether oxygens (including phenoxy) is 2. The number of hydrogen-bond acceptors (Lipinski definition) is 6. The Morgan fingerprint density at radius 2 is 2.00 bits per heavy atom. The third-order valence-corrected chi connectivity index (χ3v) is 5.84. The van der Waals surface area contributed by atoms with Gasteiger partial charge in [0.15, 0.2) is 12.3 Å². The number of carbonyl (C=O) groups is 2. The molecule has 0 saturated carbocycles. The zero-order chi connectivity index (χ0) is 20.9. The van der Waals surface area contributed by atoms with E-state index in [0.29, 0.717) is 13.0 Å². The number of rotatable bonds is 6. The Kier molecular flexibility index (Phi) is 6.09. The van der Waals surface area contributed by atoms with E-state index in [9.17, 15) is 9.59 Å². The number of esters is 1. The van der Waals surface area contributed by atoms with E-state index in [2.05, 4.69) is 17.2 Å². The maximum atomic E-state index is 12.3. The Morgan fingerprint density at radius 3 is 2.80 bits per heavy atom. The fourth-order valence-electron chi connectivity index (χ4n) is 3.32. The smallest absolute Gasteiger partial charge is 0.358 e. The molecule has 1 atom stereocenters. The minimum atomic E-state index is -0.606. The summed E-state index contributed by atoms with van der Waals surface area (Å²) in [6.45, 7) is 2.28. The molecule has 1 unspecified atom stereocenters. The number of amides is 1. The van der Waals surface area contributed by atoms with Gasteiger partial charge >= 0.3 is 5.97 Å². The molecule has 6 nitrogen and oxygen atoms in total. The van der Waals surface area contributed by atoms with Crippen LogP contribution in [0.4, 0.5) is 0 Å². The number of para-hydroxylation sites is 1. The Balaban J connectivity index is 1.33. The maximum absolute atomic E-state index is 12.3. The van der Waals surface area contributed by atoms with E-state index in [1.54, 1.807) is 5.38 Å². The molecule has 1 aromatic heterocycles. The number of fused-ring (bicyclic) bond motifs is 1. The first kappa shape index (κ1) is 20.1. The summed E-state index contributed by atoms with van der Waals surface area (Å²) < 4.78 is 10.8. The van der Waals surface area contributed by atoms with Crippen LogP contribution in [0.1, 0.15) is 41.0 Å². The van der Waals surface area contributed by atoms with Crippen molar-refractivity contribution in [2.45, 2.75) is 25.8 Å². The van der Waals surface area contributed by atoms with E-state index in [0.717, 1.165) is 28.3 Å². The fraction of sp³-hybridized carbons (Fsp3) is 0.261. The van der Waals surface area contributed by atoms with E-state index in [1.165, 1.54) is 16.9 Å². The summed E-state index contributed by atoms with van der Waals surface area (Å²) >= 11 is 1.37. The highest BCUT2D eigenvalue weighted by Gasteiger charge is 2.23. The minimum absolute atomic E-state index is 0.155. The normalized spacial score (nSPS) is 15.0. The highest BCUT2D eigenvalue weighted by atomic mass is 32.1. The van der Waals surface area contributed by atoms with Crippen LogP contribution in [-0.4, -0.2) is 30.1 Å². The van der Waals surface area contributed by atoms with E-state index in [4.69, 9.17) is 9.47 Å². The highest BCUT2D eigenvalue weighted by Crippen LogP contribution is 2.31. The Hall–Kier alpha value is -3.19. The van der Waals surface area contributed by atoms with Gasteiger partial charge in [-0.1, -0.05) is 49.4 Å². The quantitative estimate of drug-likeness (QED) is 0.604. The highest BCUT2D eigenvalue weighted by molar-refractivity contribution is 7.13. The van der Waals surface area contributed by atoms with Gasteiger partial charge in [-0.3, -0.25) is 4.79 Å². The van der Waals surface area contributed by atoms with Gasteiger partial charge < -0.3 is 14.8 Å². The van der Waals surface area contributed by atoms with E-state index < -0.39 is 5.97 Å². The van der Waals surface area contributed by atoms with Crippen molar-refractivity contribution in [3.8, 4) is 16.3 Å². The molecule has 0 spiro atoms. The minimum Gasteiger partial charge on any atom is -0.493 e. The largest absolute Gasteiger partial charge is 0.493 e. The summed E-state index contributed by atoms with van der Waals surface area (Å²) in [7, 11) is 0. The summed E-state index contributed by atoms with van der Waals surface area (Å²) in [5.74, 6) is -0.186. The van der Waals surface area contributed by atoms with Gasteiger partial charge in [0.25, 0.3) is 5.91 Å². The molecule has 2 heterocycles. The molecule has 1 N–H and O–H groups in total. The number of benzene rings is 2. The Bertz CT molecular complexity index is 1050. The van der Waals surface area contributed by atoms with Crippen LogP contribution in [-0.2, 0) is 16.0 Å². The summed E-state index contributed by atoms with van der Waals surface area (Å²) in [5.41, 5.74) is 3.33. The number of aryl methyl sites for hydroxylation is 1.